The van der Waals surface area contributed by atoms with Gasteiger partial charge in [-0.1, -0.05) is 0 Å². The second-order valence-electron chi connectivity index (χ2n) is 6.54. The van der Waals surface area contributed by atoms with Crippen LogP contribution in [-0.4, -0.2) is 41.2 Å². The van der Waals surface area contributed by atoms with Gasteiger partial charge in [0.2, 0.25) is 0 Å². The summed E-state index contributed by atoms with van der Waals surface area (Å²) in [6.07, 6.45) is 0.580. The number of aliphatic hydroxyl groups is 1. The summed E-state index contributed by atoms with van der Waals surface area (Å²) in [5.41, 5.74) is 0.117. The van der Waals surface area contributed by atoms with Crippen molar-refractivity contribution in [2.45, 2.75) is 51.9 Å². The number of carbonyl (C=O) groups is 2. The van der Waals surface area contributed by atoms with Crippen LogP contribution < -0.4 is 5.23 Å². The summed E-state index contributed by atoms with van der Waals surface area (Å²) < 4.78 is 5.25. The Morgan fingerprint density at radius 1 is 1.48 bits per heavy atom. The molecule has 0 saturated carbocycles. The Morgan fingerprint density at radius 2 is 2.16 bits per heavy atom. The third-order valence-electron chi connectivity index (χ3n) is 3.22. The zero-order chi connectivity index (χ0) is 19.0. The molecule has 2 N–H and O–H groups in total. The van der Waals surface area contributed by atoms with Gasteiger partial charge in [-0.15, -0.1) is 0 Å². The molecule has 25 heavy (non-hydrogen) atoms. The first kappa shape index (κ1) is 20.8. The van der Waals surface area contributed by atoms with Crippen LogP contribution in [0.5, 0.6) is 0 Å². The molecule has 0 unspecified atom stereocenters. The molecule has 1 atom stereocenters. The zero-order valence-corrected chi connectivity index (χ0v) is 14.5. The number of rotatable bonds is 9. The van der Waals surface area contributed by atoms with Crippen LogP contribution in [0, 0.1) is 10.1 Å². The van der Waals surface area contributed by atoms with Crippen molar-refractivity contribution in [3.05, 3.63) is 39.4 Å². The normalized spacial score (nSPS) is 12.3. The maximum atomic E-state index is 12.0. The number of ether oxygens (including phenoxy) is 1. The SMILES string of the molecule is CC(C)(C)OC(=O)C[C@@H](Cc1cc(CO)ccc1[N+](=O)[O-])N[B]C=O. The Kier molecular flexibility index (Phi) is 7.72. The van der Waals surface area contributed by atoms with Gasteiger partial charge in [0.05, 0.1) is 24.1 Å². The number of nitro benzene ring substituents is 1. The smallest absolute Gasteiger partial charge is 0.307 e. The van der Waals surface area contributed by atoms with Gasteiger partial charge in [-0.2, -0.15) is 0 Å². The summed E-state index contributed by atoms with van der Waals surface area (Å²) in [5.74, 6) is -0.481. The molecule has 0 fully saturated rings. The predicted molar refractivity (Wildman–Crippen MR) is 92.6 cm³/mol. The summed E-state index contributed by atoms with van der Waals surface area (Å²) in [4.78, 5) is 33.3. The molecule has 1 aromatic carbocycles. The first-order valence-electron chi connectivity index (χ1n) is 7.78. The van der Waals surface area contributed by atoms with Crippen molar-refractivity contribution in [1.82, 2.24) is 5.23 Å². The molecular weight excluding hydrogens is 327 g/mol. The minimum atomic E-state index is -0.654. The third kappa shape index (κ3) is 7.44. The maximum Gasteiger partial charge on any atom is 0.307 e. The van der Waals surface area contributed by atoms with E-state index in [1.165, 1.54) is 18.2 Å². The zero-order valence-electron chi connectivity index (χ0n) is 14.5. The molecule has 1 rings (SSSR count). The second kappa shape index (κ2) is 9.29. The molecule has 0 amide bonds. The van der Waals surface area contributed by atoms with Crippen molar-refractivity contribution >= 4 is 25.3 Å². The lowest BCUT2D eigenvalue weighted by Crippen LogP contribution is -2.38. The van der Waals surface area contributed by atoms with E-state index in [1.54, 1.807) is 20.8 Å². The van der Waals surface area contributed by atoms with Crippen LogP contribution in [0.4, 0.5) is 5.69 Å². The fourth-order valence-electron chi connectivity index (χ4n) is 2.29. The summed E-state index contributed by atoms with van der Waals surface area (Å²) >= 11 is 0. The Bertz CT molecular complexity index is 630. The molecular formula is C16H22BN2O6. The van der Waals surface area contributed by atoms with E-state index in [-0.39, 0.29) is 25.1 Å². The van der Waals surface area contributed by atoms with Crippen molar-refractivity contribution in [2.75, 3.05) is 0 Å². The quantitative estimate of drug-likeness (QED) is 0.225. The number of nitro groups is 1. The maximum absolute atomic E-state index is 12.0. The van der Waals surface area contributed by atoms with Crippen molar-refractivity contribution in [2.24, 2.45) is 0 Å². The van der Waals surface area contributed by atoms with Gasteiger partial charge < -0.3 is 19.9 Å². The first-order chi connectivity index (χ1) is 11.7. The van der Waals surface area contributed by atoms with Gasteiger partial charge in [-0.25, -0.2) is 0 Å². The minimum absolute atomic E-state index is 0.0673. The Morgan fingerprint density at radius 3 is 2.68 bits per heavy atom. The molecule has 135 valence electrons. The molecule has 1 aromatic rings. The highest BCUT2D eigenvalue weighted by atomic mass is 16.6. The van der Waals surface area contributed by atoms with Crippen molar-refractivity contribution in [1.29, 1.82) is 0 Å². The van der Waals surface area contributed by atoms with E-state index in [1.807, 2.05) is 0 Å². The van der Waals surface area contributed by atoms with Crippen LogP contribution in [-0.2, 0) is 27.4 Å². The molecule has 0 heterocycles. The highest BCUT2D eigenvalue weighted by molar-refractivity contribution is 6.64. The standard InChI is InChI=1S/C16H22BN2O6/c1-16(2,3)25-15(22)8-13(18-17-10-21)7-12-6-11(9-20)4-5-14(12)19(23)24/h4-6,10,13,18,20H,7-9H2,1-3H3/t13-/m1/s1. The van der Waals surface area contributed by atoms with Crippen molar-refractivity contribution in [3.8, 4) is 0 Å². The number of hydrogen-bond acceptors (Lipinski definition) is 7. The summed E-state index contributed by atoms with van der Waals surface area (Å²) in [5, 5.41) is 23.2. The Balaban J connectivity index is 2.99. The fourth-order valence-corrected chi connectivity index (χ4v) is 2.29. The van der Waals surface area contributed by atoms with Crippen LogP contribution in [0.1, 0.15) is 38.3 Å². The lowest BCUT2D eigenvalue weighted by atomic mass is 9.92. The highest BCUT2D eigenvalue weighted by Crippen LogP contribution is 2.23. The molecule has 0 bridgehead atoms. The van der Waals surface area contributed by atoms with E-state index in [0.29, 0.717) is 17.3 Å². The molecule has 0 saturated heterocycles. The molecule has 0 spiro atoms. The van der Waals surface area contributed by atoms with Crippen molar-refractivity contribution < 1.29 is 24.4 Å². The van der Waals surface area contributed by atoms with Crippen LogP contribution in [0.3, 0.4) is 0 Å². The van der Waals surface area contributed by atoms with Crippen LogP contribution in [0.25, 0.3) is 0 Å². The molecule has 0 aliphatic rings. The van der Waals surface area contributed by atoms with E-state index in [4.69, 9.17) is 4.74 Å². The lowest BCUT2D eigenvalue weighted by molar-refractivity contribution is -0.385. The number of aliphatic hydroxyl groups excluding tert-OH is 1. The van der Waals surface area contributed by atoms with E-state index in [2.05, 4.69) is 5.23 Å². The molecule has 0 aliphatic heterocycles. The van der Waals surface area contributed by atoms with Gasteiger partial charge in [-0.3, -0.25) is 14.9 Å². The summed E-state index contributed by atoms with van der Waals surface area (Å²) in [6.45, 7) is 4.96. The molecule has 0 aromatic heterocycles. The van der Waals surface area contributed by atoms with Gasteiger partial charge >= 0.3 is 5.97 Å². The Hall–Kier alpha value is -2.26. The molecule has 1 radical (unpaired) electrons. The third-order valence-corrected chi connectivity index (χ3v) is 3.22. The topological polar surface area (TPSA) is 119 Å². The van der Waals surface area contributed by atoms with Gasteiger partial charge in [0.15, 0.2) is 0 Å². The van der Waals surface area contributed by atoms with Crippen molar-refractivity contribution in [3.63, 3.8) is 0 Å². The molecule has 9 heteroatoms. The number of nitrogens with one attached hydrogen (secondary N) is 1. The van der Waals surface area contributed by atoms with Crippen LogP contribution >= 0.6 is 0 Å². The first-order valence-corrected chi connectivity index (χ1v) is 7.78. The Labute approximate surface area is 147 Å². The van der Waals surface area contributed by atoms with Gasteiger partial charge in [0.25, 0.3) is 13.1 Å². The summed E-state index contributed by atoms with van der Waals surface area (Å²) in [6, 6.07) is 3.74. The largest absolute Gasteiger partial charge is 0.460 e. The van der Waals surface area contributed by atoms with Crippen LogP contribution in [0.2, 0.25) is 0 Å². The van der Waals surface area contributed by atoms with Gasteiger partial charge in [0, 0.05) is 17.7 Å². The van der Waals surface area contributed by atoms with E-state index in [9.17, 15) is 24.8 Å². The lowest BCUT2D eigenvalue weighted by Gasteiger charge is -2.22. The number of carbonyl (C=O) groups excluding carboxylic acids is 2. The van der Waals surface area contributed by atoms with Gasteiger partial charge in [0.1, 0.15) is 5.60 Å². The number of benzene rings is 1. The van der Waals surface area contributed by atoms with E-state index < -0.39 is 22.5 Å². The van der Waals surface area contributed by atoms with E-state index in [0.717, 1.165) is 7.41 Å². The second-order valence-corrected chi connectivity index (χ2v) is 6.54. The number of hydrogen-bond donors (Lipinski definition) is 2. The highest BCUT2D eigenvalue weighted by Gasteiger charge is 2.23. The summed E-state index contributed by atoms with van der Waals surface area (Å²) in [7, 11) is 1.14. The predicted octanol–water partition coefficient (Wildman–Crippen LogP) is 1.13. The number of esters is 1. The van der Waals surface area contributed by atoms with Crippen LogP contribution in [0.15, 0.2) is 18.2 Å². The number of nitrogens with zero attached hydrogens (tertiary/aromatic N) is 1. The molecule has 0 aliphatic carbocycles. The monoisotopic (exact) mass is 349 g/mol. The average Bonchev–Trinajstić information content (AvgIpc) is 2.50. The minimum Gasteiger partial charge on any atom is -0.460 e. The fraction of sp³-hybridized carbons (Fsp3) is 0.500. The van der Waals surface area contributed by atoms with E-state index >= 15 is 0 Å². The van der Waals surface area contributed by atoms with Gasteiger partial charge in [-0.05, 0) is 44.9 Å². The molecule has 8 nitrogen and oxygen atoms in total. The average molecular weight is 349 g/mol.